The van der Waals surface area contributed by atoms with Crippen molar-refractivity contribution >= 4 is 5.97 Å². The lowest BCUT2D eigenvalue weighted by Gasteiger charge is -2.11. The fourth-order valence-electron chi connectivity index (χ4n) is 2.12. The lowest BCUT2D eigenvalue weighted by molar-refractivity contribution is -0.148. The molecular formula is C14H18O3. The van der Waals surface area contributed by atoms with E-state index in [0.717, 1.165) is 12.0 Å². The van der Waals surface area contributed by atoms with Gasteiger partial charge in [-0.25, -0.2) is 4.79 Å². The maximum atomic E-state index is 11.8. The number of carbonyl (C=O) groups excluding carboxylic acids is 1. The Morgan fingerprint density at radius 3 is 2.59 bits per heavy atom. The third kappa shape index (κ3) is 2.20. The van der Waals surface area contributed by atoms with Crippen molar-refractivity contribution in [1.29, 1.82) is 0 Å². The van der Waals surface area contributed by atoms with E-state index in [0.29, 0.717) is 0 Å². The standard InChI is InChI=1S/C14H18O3/c1-4-14(11-8-6-5-7-9-11)12(17-14)13(15)16-10(2)3/h5-10,12H,4H2,1-3H3. The normalized spacial score (nSPS) is 26.9. The first-order valence-corrected chi connectivity index (χ1v) is 6.04. The summed E-state index contributed by atoms with van der Waals surface area (Å²) in [6, 6.07) is 9.85. The fraction of sp³-hybridized carbons (Fsp3) is 0.500. The minimum absolute atomic E-state index is 0.1000. The highest BCUT2D eigenvalue weighted by Gasteiger charge is 2.61. The van der Waals surface area contributed by atoms with E-state index >= 15 is 0 Å². The van der Waals surface area contributed by atoms with Gasteiger partial charge >= 0.3 is 5.97 Å². The summed E-state index contributed by atoms with van der Waals surface area (Å²) < 4.78 is 10.8. The lowest BCUT2D eigenvalue weighted by atomic mass is 9.93. The van der Waals surface area contributed by atoms with Crippen molar-refractivity contribution in [3.63, 3.8) is 0 Å². The van der Waals surface area contributed by atoms with Gasteiger partial charge < -0.3 is 9.47 Å². The molecule has 1 aliphatic rings. The van der Waals surface area contributed by atoms with Crippen molar-refractivity contribution in [3.05, 3.63) is 35.9 Å². The number of epoxide rings is 1. The van der Waals surface area contributed by atoms with Crippen LogP contribution in [0.15, 0.2) is 30.3 Å². The molecule has 0 bridgehead atoms. The second kappa shape index (κ2) is 4.49. The molecule has 3 nitrogen and oxygen atoms in total. The molecule has 1 fully saturated rings. The Morgan fingerprint density at radius 1 is 1.41 bits per heavy atom. The van der Waals surface area contributed by atoms with Crippen LogP contribution in [0.1, 0.15) is 32.8 Å². The molecule has 17 heavy (non-hydrogen) atoms. The molecule has 1 aromatic carbocycles. The smallest absolute Gasteiger partial charge is 0.338 e. The highest BCUT2D eigenvalue weighted by atomic mass is 16.7. The highest BCUT2D eigenvalue weighted by Crippen LogP contribution is 2.49. The van der Waals surface area contributed by atoms with Gasteiger partial charge in [-0.05, 0) is 25.8 Å². The van der Waals surface area contributed by atoms with E-state index in [2.05, 4.69) is 0 Å². The first-order valence-electron chi connectivity index (χ1n) is 6.04. The summed E-state index contributed by atoms with van der Waals surface area (Å²) in [5.41, 5.74) is 0.584. The molecular weight excluding hydrogens is 216 g/mol. The monoisotopic (exact) mass is 234 g/mol. The maximum Gasteiger partial charge on any atom is 0.338 e. The zero-order valence-electron chi connectivity index (χ0n) is 10.5. The van der Waals surface area contributed by atoms with E-state index < -0.39 is 11.7 Å². The van der Waals surface area contributed by atoms with Crippen molar-refractivity contribution < 1.29 is 14.3 Å². The van der Waals surface area contributed by atoms with E-state index in [9.17, 15) is 4.79 Å². The Balaban J connectivity index is 2.13. The SMILES string of the molecule is CCC1(c2ccccc2)OC1C(=O)OC(C)C. The summed E-state index contributed by atoms with van der Waals surface area (Å²) in [6.45, 7) is 5.71. The van der Waals surface area contributed by atoms with Crippen LogP contribution < -0.4 is 0 Å². The van der Waals surface area contributed by atoms with Gasteiger partial charge in [0.15, 0.2) is 6.10 Å². The van der Waals surface area contributed by atoms with E-state index in [-0.39, 0.29) is 12.1 Å². The summed E-state index contributed by atoms with van der Waals surface area (Å²) in [4.78, 5) is 11.8. The molecule has 2 rings (SSSR count). The number of esters is 1. The van der Waals surface area contributed by atoms with Crippen LogP contribution in [0.4, 0.5) is 0 Å². The van der Waals surface area contributed by atoms with Gasteiger partial charge in [0.25, 0.3) is 0 Å². The number of carbonyl (C=O) groups is 1. The van der Waals surface area contributed by atoms with Crippen molar-refractivity contribution in [3.8, 4) is 0 Å². The molecule has 1 aliphatic heterocycles. The highest BCUT2D eigenvalue weighted by molar-refractivity contribution is 5.80. The Morgan fingerprint density at radius 2 is 2.06 bits per heavy atom. The topological polar surface area (TPSA) is 38.8 Å². The summed E-state index contributed by atoms with van der Waals surface area (Å²) in [5.74, 6) is -0.259. The predicted molar refractivity (Wildman–Crippen MR) is 64.5 cm³/mol. The number of rotatable bonds is 4. The summed E-state index contributed by atoms with van der Waals surface area (Å²) in [7, 11) is 0. The quantitative estimate of drug-likeness (QED) is 0.594. The van der Waals surface area contributed by atoms with Gasteiger partial charge in [0.2, 0.25) is 0 Å². The van der Waals surface area contributed by atoms with Crippen molar-refractivity contribution in [2.24, 2.45) is 0 Å². The second-order valence-electron chi connectivity index (χ2n) is 4.59. The number of ether oxygens (including phenoxy) is 2. The van der Waals surface area contributed by atoms with Gasteiger partial charge in [-0.2, -0.15) is 0 Å². The Bertz CT molecular complexity index is 399. The Hall–Kier alpha value is -1.35. The second-order valence-corrected chi connectivity index (χ2v) is 4.59. The molecule has 0 aromatic heterocycles. The van der Waals surface area contributed by atoms with Crippen molar-refractivity contribution in [1.82, 2.24) is 0 Å². The minimum Gasteiger partial charge on any atom is -0.461 e. The van der Waals surface area contributed by atoms with Gasteiger partial charge in [-0.3, -0.25) is 0 Å². The van der Waals surface area contributed by atoms with Crippen LogP contribution in [0.25, 0.3) is 0 Å². The average Bonchev–Trinajstić information content (AvgIpc) is 3.05. The molecule has 2 atom stereocenters. The van der Waals surface area contributed by atoms with Gasteiger partial charge in [-0.1, -0.05) is 37.3 Å². The Kier molecular flexibility index (Phi) is 3.20. The van der Waals surface area contributed by atoms with Crippen LogP contribution in [-0.4, -0.2) is 18.2 Å². The molecule has 1 aromatic rings. The summed E-state index contributed by atoms with van der Waals surface area (Å²) in [5, 5.41) is 0. The molecule has 0 spiro atoms. The summed E-state index contributed by atoms with van der Waals surface area (Å²) >= 11 is 0. The first kappa shape index (κ1) is 12.1. The molecule has 0 aliphatic carbocycles. The van der Waals surface area contributed by atoms with Crippen LogP contribution in [0.2, 0.25) is 0 Å². The number of hydrogen-bond acceptors (Lipinski definition) is 3. The van der Waals surface area contributed by atoms with Crippen LogP contribution in [0, 0.1) is 0 Å². The third-order valence-corrected chi connectivity index (χ3v) is 3.05. The van der Waals surface area contributed by atoms with E-state index in [1.807, 2.05) is 51.1 Å². The van der Waals surface area contributed by atoms with Crippen LogP contribution in [0.5, 0.6) is 0 Å². The van der Waals surface area contributed by atoms with Gasteiger partial charge in [0.1, 0.15) is 5.60 Å². The zero-order valence-corrected chi connectivity index (χ0v) is 10.5. The first-order chi connectivity index (χ1) is 8.10. The Labute approximate surface area is 102 Å². The minimum atomic E-state index is -0.465. The van der Waals surface area contributed by atoms with Gasteiger partial charge in [0.05, 0.1) is 6.10 Å². The van der Waals surface area contributed by atoms with E-state index in [1.165, 1.54) is 0 Å². The van der Waals surface area contributed by atoms with Crippen LogP contribution >= 0.6 is 0 Å². The average molecular weight is 234 g/mol. The molecule has 0 saturated carbocycles. The van der Waals surface area contributed by atoms with Crippen LogP contribution in [-0.2, 0) is 19.9 Å². The van der Waals surface area contributed by atoms with Crippen molar-refractivity contribution in [2.45, 2.75) is 45.0 Å². The zero-order chi connectivity index (χ0) is 12.5. The molecule has 3 heteroatoms. The molecule has 1 heterocycles. The third-order valence-electron chi connectivity index (χ3n) is 3.05. The number of benzene rings is 1. The van der Waals surface area contributed by atoms with Crippen LogP contribution in [0.3, 0.4) is 0 Å². The molecule has 92 valence electrons. The largest absolute Gasteiger partial charge is 0.461 e. The molecule has 0 amide bonds. The number of hydrogen-bond donors (Lipinski definition) is 0. The van der Waals surface area contributed by atoms with Crippen molar-refractivity contribution in [2.75, 3.05) is 0 Å². The summed E-state index contributed by atoms with van der Waals surface area (Å²) in [6.07, 6.45) is 0.226. The lowest BCUT2D eigenvalue weighted by Crippen LogP contribution is -2.23. The molecule has 0 N–H and O–H groups in total. The molecule has 0 radical (unpaired) electrons. The maximum absolute atomic E-state index is 11.8. The van der Waals surface area contributed by atoms with E-state index in [1.54, 1.807) is 0 Å². The van der Waals surface area contributed by atoms with Gasteiger partial charge in [0, 0.05) is 0 Å². The van der Waals surface area contributed by atoms with Gasteiger partial charge in [-0.15, -0.1) is 0 Å². The molecule has 1 saturated heterocycles. The van der Waals surface area contributed by atoms with E-state index in [4.69, 9.17) is 9.47 Å². The predicted octanol–water partition coefficient (Wildman–Crippen LogP) is 2.64. The fourth-order valence-corrected chi connectivity index (χ4v) is 2.12. The molecule has 2 unspecified atom stereocenters.